The molecule has 5 heteroatoms. The molecule has 1 aliphatic rings. The summed E-state index contributed by atoms with van der Waals surface area (Å²) in [7, 11) is 0. The SMILES string of the molecule is Cc1ccc(OS(=O)OC2CC(C)(C)NC(C)(C)C2)cc1. The van der Waals surface area contributed by atoms with E-state index < -0.39 is 11.4 Å². The molecule has 1 aromatic carbocycles. The molecule has 0 aromatic heterocycles. The van der Waals surface area contributed by atoms with E-state index in [4.69, 9.17) is 8.37 Å². The molecule has 1 aliphatic heterocycles. The van der Waals surface area contributed by atoms with Crippen molar-refractivity contribution in [2.45, 2.75) is 64.6 Å². The van der Waals surface area contributed by atoms with Gasteiger partial charge in [-0.1, -0.05) is 17.7 Å². The van der Waals surface area contributed by atoms with E-state index in [0.29, 0.717) is 5.75 Å². The highest BCUT2D eigenvalue weighted by molar-refractivity contribution is 7.75. The minimum absolute atomic E-state index is 0.0412. The summed E-state index contributed by atoms with van der Waals surface area (Å²) in [6.45, 7) is 10.5. The van der Waals surface area contributed by atoms with Gasteiger partial charge >= 0.3 is 11.4 Å². The van der Waals surface area contributed by atoms with Gasteiger partial charge in [-0.2, -0.15) is 4.21 Å². The highest BCUT2D eigenvalue weighted by Gasteiger charge is 2.39. The summed E-state index contributed by atoms with van der Waals surface area (Å²) in [6, 6.07) is 7.44. The van der Waals surface area contributed by atoms with Crippen molar-refractivity contribution in [1.82, 2.24) is 5.32 Å². The van der Waals surface area contributed by atoms with E-state index in [1.165, 1.54) is 0 Å². The van der Waals surface area contributed by atoms with Crippen LogP contribution in [0.4, 0.5) is 0 Å². The van der Waals surface area contributed by atoms with Crippen LogP contribution in [-0.4, -0.2) is 21.4 Å². The topological polar surface area (TPSA) is 47.6 Å². The summed E-state index contributed by atoms with van der Waals surface area (Å²) in [4.78, 5) is 0. The van der Waals surface area contributed by atoms with Crippen molar-refractivity contribution in [3.8, 4) is 5.75 Å². The molecule has 1 atom stereocenters. The predicted molar refractivity (Wildman–Crippen MR) is 85.4 cm³/mol. The van der Waals surface area contributed by atoms with Crippen LogP contribution in [0.5, 0.6) is 5.75 Å². The second-order valence-corrected chi connectivity index (χ2v) is 7.89. The Morgan fingerprint density at radius 3 is 2.14 bits per heavy atom. The number of aryl methyl sites for hydroxylation is 1. The quantitative estimate of drug-likeness (QED) is 0.927. The Morgan fingerprint density at radius 2 is 1.62 bits per heavy atom. The highest BCUT2D eigenvalue weighted by Crippen LogP contribution is 2.31. The third-order valence-corrected chi connectivity index (χ3v) is 4.31. The van der Waals surface area contributed by atoms with Crippen LogP contribution in [0.2, 0.25) is 0 Å². The monoisotopic (exact) mass is 311 g/mol. The maximum absolute atomic E-state index is 12.0. The van der Waals surface area contributed by atoms with Gasteiger partial charge < -0.3 is 9.50 Å². The number of hydrogen-bond acceptors (Lipinski definition) is 4. The van der Waals surface area contributed by atoms with Crippen LogP contribution < -0.4 is 9.50 Å². The molecule has 0 bridgehead atoms. The molecule has 0 saturated carbocycles. The highest BCUT2D eigenvalue weighted by atomic mass is 32.2. The molecule has 1 heterocycles. The van der Waals surface area contributed by atoms with Gasteiger partial charge in [0.15, 0.2) is 0 Å². The molecule has 2 rings (SSSR count). The lowest BCUT2D eigenvalue weighted by Gasteiger charge is -2.45. The molecular formula is C16H25NO3S. The fourth-order valence-electron chi connectivity index (χ4n) is 3.10. The molecule has 1 saturated heterocycles. The summed E-state index contributed by atoms with van der Waals surface area (Å²) in [5.74, 6) is 0.561. The zero-order valence-corrected chi connectivity index (χ0v) is 14.3. The van der Waals surface area contributed by atoms with E-state index >= 15 is 0 Å². The smallest absolute Gasteiger partial charge is 0.360 e. The lowest BCUT2D eigenvalue weighted by Crippen LogP contribution is -2.59. The van der Waals surface area contributed by atoms with E-state index in [2.05, 4.69) is 33.0 Å². The van der Waals surface area contributed by atoms with Crippen LogP contribution in [0, 0.1) is 6.92 Å². The Bertz CT molecular complexity index is 495. The van der Waals surface area contributed by atoms with Crippen LogP contribution in [0.15, 0.2) is 24.3 Å². The number of nitrogens with one attached hydrogen (secondary N) is 1. The molecule has 118 valence electrons. The van der Waals surface area contributed by atoms with Crippen molar-refractivity contribution < 1.29 is 12.6 Å². The third-order valence-electron chi connectivity index (χ3n) is 3.55. The van der Waals surface area contributed by atoms with Gasteiger partial charge in [0.1, 0.15) is 5.75 Å². The normalized spacial score (nSPS) is 22.7. The van der Waals surface area contributed by atoms with Gasteiger partial charge in [0, 0.05) is 11.1 Å². The van der Waals surface area contributed by atoms with Crippen molar-refractivity contribution in [2.24, 2.45) is 0 Å². The molecule has 4 nitrogen and oxygen atoms in total. The first-order valence-corrected chi connectivity index (χ1v) is 8.28. The summed E-state index contributed by atoms with van der Waals surface area (Å²) in [6.07, 6.45) is 1.53. The minimum Gasteiger partial charge on any atom is -0.380 e. The van der Waals surface area contributed by atoms with E-state index in [-0.39, 0.29) is 17.2 Å². The largest absolute Gasteiger partial charge is 0.380 e. The second-order valence-electron chi connectivity index (χ2n) is 7.12. The molecule has 1 unspecified atom stereocenters. The van der Waals surface area contributed by atoms with Gasteiger partial charge in [0.2, 0.25) is 0 Å². The summed E-state index contributed by atoms with van der Waals surface area (Å²) >= 11 is -1.77. The summed E-state index contributed by atoms with van der Waals surface area (Å²) in [5, 5.41) is 3.57. The number of rotatable bonds is 4. The summed E-state index contributed by atoms with van der Waals surface area (Å²) < 4.78 is 23.0. The Kier molecular flexibility index (Phi) is 4.76. The minimum atomic E-state index is -1.77. The Balaban J connectivity index is 1.94. The Labute approximate surface area is 130 Å². The maximum atomic E-state index is 12.0. The van der Waals surface area contributed by atoms with Gasteiger partial charge in [-0.25, -0.2) is 0 Å². The number of benzene rings is 1. The standard InChI is InChI=1S/C16H25NO3S/c1-12-6-8-13(9-7-12)19-21(18)20-14-10-15(2,3)17-16(4,5)11-14/h6-9,14,17H,10-11H2,1-5H3. The van der Waals surface area contributed by atoms with Crippen LogP contribution >= 0.6 is 0 Å². The number of hydrogen-bond donors (Lipinski definition) is 1. The van der Waals surface area contributed by atoms with Gasteiger partial charge in [0.05, 0.1) is 6.10 Å². The average Bonchev–Trinajstić information content (AvgIpc) is 2.27. The molecule has 1 aromatic rings. The zero-order chi connectivity index (χ0) is 15.7. The van der Waals surface area contributed by atoms with Crippen molar-refractivity contribution in [1.29, 1.82) is 0 Å². The van der Waals surface area contributed by atoms with Gasteiger partial charge in [0.25, 0.3) is 0 Å². The fraction of sp³-hybridized carbons (Fsp3) is 0.625. The van der Waals surface area contributed by atoms with Gasteiger partial charge in [-0.3, -0.25) is 4.18 Å². The molecule has 0 radical (unpaired) electrons. The van der Waals surface area contributed by atoms with Crippen molar-refractivity contribution in [2.75, 3.05) is 0 Å². The van der Waals surface area contributed by atoms with E-state index in [9.17, 15) is 4.21 Å². The first kappa shape index (κ1) is 16.5. The van der Waals surface area contributed by atoms with Crippen LogP contribution in [0.1, 0.15) is 46.1 Å². The molecule has 0 spiro atoms. The molecule has 0 amide bonds. The lowest BCUT2D eigenvalue weighted by molar-refractivity contribution is 0.0599. The van der Waals surface area contributed by atoms with Crippen molar-refractivity contribution >= 4 is 11.4 Å². The molecule has 21 heavy (non-hydrogen) atoms. The molecule has 1 N–H and O–H groups in total. The molecule has 1 fully saturated rings. The lowest BCUT2D eigenvalue weighted by atomic mass is 9.81. The van der Waals surface area contributed by atoms with Crippen molar-refractivity contribution in [3.05, 3.63) is 29.8 Å². The van der Waals surface area contributed by atoms with Crippen LogP contribution in [-0.2, 0) is 15.5 Å². The van der Waals surface area contributed by atoms with E-state index in [0.717, 1.165) is 18.4 Å². The molecule has 0 aliphatic carbocycles. The fourth-order valence-corrected chi connectivity index (χ4v) is 3.77. The first-order chi connectivity index (χ1) is 9.65. The van der Waals surface area contributed by atoms with Crippen LogP contribution in [0.3, 0.4) is 0 Å². The molecular weight excluding hydrogens is 286 g/mol. The van der Waals surface area contributed by atoms with E-state index in [1.54, 1.807) is 12.1 Å². The van der Waals surface area contributed by atoms with Gasteiger partial charge in [-0.05, 0) is 59.6 Å². The number of piperidine rings is 1. The van der Waals surface area contributed by atoms with E-state index in [1.807, 2.05) is 19.1 Å². The van der Waals surface area contributed by atoms with Crippen molar-refractivity contribution in [3.63, 3.8) is 0 Å². The van der Waals surface area contributed by atoms with Crippen LogP contribution in [0.25, 0.3) is 0 Å². The summed E-state index contributed by atoms with van der Waals surface area (Å²) in [5.41, 5.74) is 1.05. The third kappa shape index (κ3) is 5.09. The Morgan fingerprint density at radius 1 is 1.10 bits per heavy atom. The Hall–Kier alpha value is -0.910. The predicted octanol–water partition coefficient (Wildman–Crippen LogP) is 3.28. The maximum Gasteiger partial charge on any atom is 0.360 e. The first-order valence-electron chi connectivity index (χ1n) is 7.28. The zero-order valence-electron chi connectivity index (χ0n) is 13.4. The average molecular weight is 311 g/mol. The van der Waals surface area contributed by atoms with Gasteiger partial charge in [-0.15, -0.1) is 0 Å². The second kappa shape index (κ2) is 6.07.